The molecule has 7 heteroatoms. The lowest BCUT2D eigenvalue weighted by Crippen LogP contribution is -2.32. The van der Waals surface area contributed by atoms with E-state index in [-0.39, 0.29) is 44.9 Å². The van der Waals surface area contributed by atoms with E-state index in [9.17, 15) is 13.2 Å². The number of carbonyl (C=O) groups excluding carboxylic acids is 1. The Hall–Kier alpha value is -1.56. The number of sulfonamides is 1. The van der Waals surface area contributed by atoms with Gasteiger partial charge in [0, 0.05) is 18.5 Å². The molecule has 0 radical (unpaired) electrons. The number of halogens is 2. The van der Waals surface area contributed by atoms with Gasteiger partial charge >= 0.3 is 0 Å². The highest BCUT2D eigenvalue weighted by Crippen LogP contribution is 2.36. The van der Waals surface area contributed by atoms with Crippen LogP contribution in [0.3, 0.4) is 0 Å². The highest BCUT2D eigenvalue weighted by atomic mass is 35.5. The number of carbonyl (C=O) groups is 1. The van der Waals surface area contributed by atoms with E-state index in [1.54, 1.807) is 24.3 Å². The van der Waals surface area contributed by atoms with Gasteiger partial charge in [-0.3, -0.25) is 9.10 Å². The molecule has 1 heterocycles. The maximum Gasteiger partial charge on any atom is 0.264 e. The van der Waals surface area contributed by atoms with E-state index in [0.29, 0.717) is 6.42 Å². The van der Waals surface area contributed by atoms with Crippen molar-refractivity contribution in [1.82, 2.24) is 0 Å². The standard InChI is InChI=1S/C17H15Cl2NO3S/c1-11-4-6-12(7-5-11)24(22,23)20-8-2-3-17(21)13-9-14(18)15(19)10-16(13)20/h4-7,9-10H,2-3,8H2,1H3. The van der Waals surface area contributed by atoms with Gasteiger partial charge in [-0.15, -0.1) is 0 Å². The van der Waals surface area contributed by atoms with Crippen molar-refractivity contribution in [1.29, 1.82) is 0 Å². The van der Waals surface area contributed by atoms with Crippen molar-refractivity contribution in [3.8, 4) is 0 Å². The third kappa shape index (κ3) is 3.04. The summed E-state index contributed by atoms with van der Waals surface area (Å²) in [6.45, 7) is 2.10. The first-order valence-electron chi connectivity index (χ1n) is 7.42. The average molecular weight is 384 g/mol. The van der Waals surface area contributed by atoms with Gasteiger partial charge in [0.05, 0.1) is 20.6 Å². The van der Waals surface area contributed by atoms with Crippen LogP contribution in [-0.2, 0) is 10.0 Å². The summed E-state index contributed by atoms with van der Waals surface area (Å²) in [5.41, 5.74) is 1.54. The number of benzene rings is 2. The SMILES string of the molecule is Cc1ccc(S(=O)(=O)N2CCCC(=O)c3cc(Cl)c(Cl)cc32)cc1. The number of anilines is 1. The molecule has 0 atom stereocenters. The number of fused-ring (bicyclic) bond motifs is 1. The van der Waals surface area contributed by atoms with Gasteiger partial charge in [0.2, 0.25) is 0 Å². The molecule has 0 amide bonds. The second kappa shape index (κ2) is 6.39. The van der Waals surface area contributed by atoms with Crippen LogP contribution in [0.25, 0.3) is 0 Å². The van der Waals surface area contributed by atoms with Crippen LogP contribution < -0.4 is 4.31 Å². The molecule has 0 aromatic heterocycles. The van der Waals surface area contributed by atoms with Crippen molar-refractivity contribution in [3.63, 3.8) is 0 Å². The molecule has 126 valence electrons. The zero-order chi connectivity index (χ0) is 17.5. The molecule has 0 aliphatic carbocycles. The van der Waals surface area contributed by atoms with Crippen molar-refractivity contribution >= 4 is 44.7 Å². The molecule has 0 unspecified atom stereocenters. The maximum atomic E-state index is 13.1. The summed E-state index contributed by atoms with van der Waals surface area (Å²) in [5.74, 6) is -0.134. The van der Waals surface area contributed by atoms with Crippen LogP contribution >= 0.6 is 23.2 Å². The zero-order valence-corrected chi connectivity index (χ0v) is 15.2. The van der Waals surface area contributed by atoms with Crippen LogP contribution in [-0.4, -0.2) is 20.7 Å². The van der Waals surface area contributed by atoms with E-state index < -0.39 is 10.0 Å². The number of nitrogens with zero attached hydrogens (tertiary/aromatic N) is 1. The summed E-state index contributed by atoms with van der Waals surface area (Å²) in [6, 6.07) is 9.51. The minimum atomic E-state index is -3.79. The normalized spacial score (nSPS) is 15.1. The number of hydrogen-bond donors (Lipinski definition) is 0. The molecule has 24 heavy (non-hydrogen) atoms. The fraction of sp³-hybridized carbons (Fsp3) is 0.235. The van der Waals surface area contributed by atoms with Gasteiger partial charge in [-0.25, -0.2) is 8.42 Å². The molecule has 1 aliphatic rings. The summed E-state index contributed by atoms with van der Waals surface area (Å²) in [4.78, 5) is 12.5. The first-order chi connectivity index (χ1) is 11.3. The molecule has 4 nitrogen and oxygen atoms in total. The molecule has 0 bridgehead atoms. The van der Waals surface area contributed by atoms with Gasteiger partial charge < -0.3 is 0 Å². The van der Waals surface area contributed by atoms with Crippen molar-refractivity contribution in [2.45, 2.75) is 24.7 Å². The van der Waals surface area contributed by atoms with E-state index >= 15 is 0 Å². The van der Waals surface area contributed by atoms with Gasteiger partial charge in [0.25, 0.3) is 10.0 Å². The Balaban J connectivity index is 2.18. The van der Waals surface area contributed by atoms with E-state index in [1.165, 1.54) is 16.4 Å². The molecule has 3 rings (SSSR count). The van der Waals surface area contributed by atoms with Crippen LogP contribution in [0.5, 0.6) is 0 Å². The molecular formula is C17H15Cl2NO3S. The lowest BCUT2D eigenvalue weighted by molar-refractivity contribution is 0.0984. The fourth-order valence-electron chi connectivity index (χ4n) is 2.69. The smallest absolute Gasteiger partial charge is 0.264 e. The van der Waals surface area contributed by atoms with E-state index in [1.807, 2.05) is 6.92 Å². The number of rotatable bonds is 2. The summed E-state index contributed by atoms with van der Waals surface area (Å²) >= 11 is 12.1. The van der Waals surface area contributed by atoms with Crippen molar-refractivity contribution in [3.05, 3.63) is 57.6 Å². The molecule has 2 aromatic rings. The third-order valence-electron chi connectivity index (χ3n) is 3.98. The Morgan fingerprint density at radius 3 is 2.33 bits per heavy atom. The highest BCUT2D eigenvalue weighted by Gasteiger charge is 2.31. The zero-order valence-electron chi connectivity index (χ0n) is 12.9. The summed E-state index contributed by atoms with van der Waals surface area (Å²) < 4.78 is 27.4. The first kappa shape index (κ1) is 17.3. The number of ketones is 1. The van der Waals surface area contributed by atoms with Crippen LogP contribution in [0.2, 0.25) is 10.0 Å². The lowest BCUT2D eigenvalue weighted by Gasteiger charge is -2.24. The predicted octanol–water partition coefficient (Wildman–Crippen LogP) is 4.47. The molecule has 0 saturated carbocycles. The minimum Gasteiger partial charge on any atom is -0.294 e. The van der Waals surface area contributed by atoms with Gasteiger partial charge in [-0.05, 0) is 37.6 Å². The van der Waals surface area contributed by atoms with Gasteiger partial charge in [0.15, 0.2) is 5.78 Å². The maximum absolute atomic E-state index is 13.1. The molecule has 1 aliphatic heterocycles. The largest absolute Gasteiger partial charge is 0.294 e. The van der Waals surface area contributed by atoms with E-state index in [2.05, 4.69) is 0 Å². The van der Waals surface area contributed by atoms with Crippen molar-refractivity contribution in [2.24, 2.45) is 0 Å². The van der Waals surface area contributed by atoms with Crippen molar-refractivity contribution in [2.75, 3.05) is 10.8 Å². The molecule has 0 N–H and O–H groups in total. The Kier molecular flexibility index (Phi) is 4.60. The number of aryl methyl sites for hydroxylation is 1. The first-order valence-corrected chi connectivity index (χ1v) is 9.62. The van der Waals surface area contributed by atoms with Crippen LogP contribution in [0.15, 0.2) is 41.3 Å². The molecule has 0 fully saturated rings. The Bertz CT molecular complexity index is 908. The fourth-order valence-corrected chi connectivity index (χ4v) is 4.53. The van der Waals surface area contributed by atoms with Gasteiger partial charge in [-0.2, -0.15) is 0 Å². The van der Waals surface area contributed by atoms with Crippen molar-refractivity contribution < 1.29 is 13.2 Å². The van der Waals surface area contributed by atoms with Crippen LogP contribution in [0.4, 0.5) is 5.69 Å². The van der Waals surface area contributed by atoms with Gasteiger partial charge in [-0.1, -0.05) is 40.9 Å². The second-order valence-corrected chi connectivity index (χ2v) is 8.38. The summed E-state index contributed by atoms with van der Waals surface area (Å²) in [7, 11) is -3.79. The summed E-state index contributed by atoms with van der Waals surface area (Å²) in [6.07, 6.45) is 0.707. The van der Waals surface area contributed by atoms with Gasteiger partial charge in [0.1, 0.15) is 0 Å². The lowest BCUT2D eigenvalue weighted by atomic mass is 10.1. The minimum absolute atomic E-state index is 0.134. The Morgan fingerprint density at radius 2 is 1.67 bits per heavy atom. The topological polar surface area (TPSA) is 54.5 Å². The third-order valence-corrected chi connectivity index (χ3v) is 6.53. The summed E-state index contributed by atoms with van der Waals surface area (Å²) in [5, 5.41) is 0.451. The molecular weight excluding hydrogens is 369 g/mol. The number of Topliss-reactive ketones (excluding diaryl/α,β-unsaturated/α-hetero) is 1. The van der Waals surface area contributed by atoms with E-state index in [4.69, 9.17) is 23.2 Å². The molecule has 2 aromatic carbocycles. The number of hydrogen-bond acceptors (Lipinski definition) is 3. The van der Waals surface area contributed by atoms with E-state index in [0.717, 1.165) is 5.56 Å². The quantitative estimate of drug-likeness (QED) is 0.768. The predicted molar refractivity (Wildman–Crippen MR) is 95.7 cm³/mol. The molecule has 0 saturated heterocycles. The Morgan fingerprint density at radius 1 is 1.04 bits per heavy atom. The molecule has 0 spiro atoms. The average Bonchev–Trinajstić information content (AvgIpc) is 2.68. The Labute approximate surface area is 151 Å². The monoisotopic (exact) mass is 383 g/mol. The van der Waals surface area contributed by atoms with Crippen LogP contribution in [0.1, 0.15) is 28.8 Å². The second-order valence-electron chi connectivity index (χ2n) is 5.70. The highest BCUT2D eigenvalue weighted by molar-refractivity contribution is 7.92. The van der Waals surface area contributed by atoms with Crippen LogP contribution in [0, 0.1) is 6.92 Å².